The Kier molecular flexibility index (Phi) is 15.0. The van der Waals surface area contributed by atoms with E-state index in [-0.39, 0.29) is 60.9 Å². The highest BCUT2D eigenvalue weighted by atomic mass is 35.5. The van der Waals surface area contributed by atoms with Crippen LogP contribution in [0.4, 0.5) is 5.69 Å². The van der Waals surface area contributed by atoms with Crippen molar-refractivity contribution in [2.45, 2.75) is 38.8 Å². The van der Waals surface area contributed by atoms with E-state index in [0.717, 1.165) is 68.1 Å². The van der Waals surface area contributed by atoms with Gasteiger partial charge in [0.2, 0.25) is 11.8 Å². The van der Waals surface area contributed by atoms with Crippen molar-refractivity contribution in [3.8, 4) is 5.75 Å². The summed E-state index contributed by atoms with van der Waals surface area (Å²) in [6, 6.07) is 10.2. The van der Waals surface area contributed by atoms with Gasteiger partial charge in [0.1, 0.15) is 5.75 Å². The van der Waals surface area contributed by atoms with Crippen molar-refractivity contribution < 1.29 is 19.1 Å². The van der Waals surface area contributed by atoms with Crippen LogP contribution in [0, 0.1) is 11.8 Å². The maximum absolute atomic E-state index is 13.1. The first-order valence-electron chi connectivity index (χ1n) is 13.9. The lowest BCUT2D eigenvalue weighted by atomic mass is 9.80. The molecule has 2 aromatic rings. The molecule has 2 amide bonds. The average Bonchev–Trinajstić information content (AvgIpc) is 2.97. The molecule has 3 aliphatic heterocycles. The van der Waals surface area contributed by atoms with Gasteiger partial charge in [0.25, 0.3) is 0 Å². The van der Waals surface area contributed by atoms with Gasteiger partial charge in [-0.1, -0.05) is 0 Å². The number of rotatable bonds is 5. The van der Waals surface area contributed by atoms with E-state index in [1.807, 2.05) is 17.0 Å². The Balaban J connectivity index is 0.00000196. The van der Waals surface area contributed by atoms with Crippen LogP contribution in [0.3, 0.4) is 0 Å². The Hall–Kier alpha value is -2.30. The average molecular weight is 631 g/mol. The zero-order chi connectivity index (χ0) is 26.2. The summed E-state index contributed by atoms with van der Waals surface area (Å²) >= 11 is 0. The molecule has 4 heterocycles. The molecule has 2 bridgehead atoms. The molecule has 1 aromatic heterocycles. The first kappa shape index (κ1) is 34.9. The maximum Gasteiger partial charge on any atom is 0.236 e. The molecule has 0 radical (unpaired) electrons. The summed E-state index contributed by atoms with van der Waals surface area (Å²) in [5.41, 5.74) is 3.28. The second-order valence-electron chi connectivity index (χ2n) is 10.5. The predicted octanol–water partition coefficient (Wildman–Crippen LogP) is 3.62. The normalized spacial score (nSPS) is 21.1. The third-order valence-corrected chi connectivity index (χ3v) is 7.92. The molecule has 0 spiro atoms. The number of piperidine rings is 1. The van der Waals surface area contributed by atoms with Crippen molar-refractivity contribution in [2.24, 2.45) is 11.8 Å². The minimum atomic E-state index is 0. The molecule has 228 valence electrons. The Morgan fingerprint density at radius 3 is 2.54 bits per heavy atom. The molecule has 2 saturated heterocycles. The fourth-order valence-electron chi connectivity index (χ4n) is 5.72. The smallest absolute Gasteiger partial charge is 0.236 e. The molecule has 0 saturated carbocycles. The minimum Gasteiger partial charge on any atom is -0.493 e. The van der Waals surface area contributed by atoms with Gasteiger partial charge < -0.3 is 29.9 Å². The highest BCUT2D eigenvalue weighted by Gasteiger charge is 2.32. The van der Waals surface area contributed by atoms with Crippen LogP contribution in [-0.2, 0) is 27.4 Å². The Labute approximate surface area is 261 Å². The molecule has 5 rings (SSSR count). The highest BCUT2D eigenvalue weighted by molar-refractivity contribution is 5.86. The molecule has 2 fully saturated rings. The third-order valence-electron chi connectivity index (χ3n) is 7.92. The molecule has 2 atom stereocenters. The van der Waals surface area contributed by atoms with Crippen LogP contribution in [0.1, 0.15) is 36.8 Å². The van der Waals surface area contributed by atoms with E-state index in [9.17, 15) is 9.59 Å². The van der Waals surface area contributed by atoms with E-state index in [1.54, 1.807) is 12.4 Å². The number of fused-ring (bicyclic) bond motifs is 3. The second kappa shape index (κ2) is 17.6. The van der Waals surface area contributed by atoms with Crippen molar-refractivity contribution in [3.63, 3.8) is 0 Å². The molecule has 41 heavy (non-hydrogen) atoms. The molecule has 1 aromatic carbocycles. The van der Waals surface area contributed by atoms with E-state index < -0.39 is 0 Å². The number of amides is 2. The van der Waals surface area contributed by atoms with Crippen molar-refractivity contribution in [1.82, 2.24) is 20.5 Å². The van der Waals surface area contributed by atoms with Gasteiger partial charge in [-0.3, -0.25) is 14.6 Å². The lowest BCUT2D eigenvalue weighted by Crippen LogP contribution is -2.47. The second-order valence-corrected chi connectivity index (χ2v) is 10.5. The van der Waals surface area contributed by atoms with E-state index in [0.29, 0.717) is 45.8 Å². The van der Waals surface area contributed by atoms with Crippen molar-refractivity contribution in [2.75, 3.05) is 57.4 Å². The SMILES string of the molecule is Cl.Cl.Cl.O=C(C[C@@H]1CCN2C[C@@H]1CCCOc1ccc(N3CCOCC3)cc1CNCC2=O)NCc1ccncc1. The number of hydrogen-bond acceptors (Lipinski definition) is 7. The van der Waals surface area contributed by atoms with Crippen LogP contribution >= 0.6 is 37.2 Å². The molecule has 0 aliphatic carbocycles. The van der Waals surface area contributed by atoms with Gasteiger partial charge in [0, 0.05) is 69.3 Å². The van der Waals surface area contributed by atoms with E-state index in [1.165, 1.54) is 0 Å². The third kappa shape index (κ3) is 9.89. The highest BCUT2D eigenvalue weighted by Crippen LogP contribution is 2.31. The van der Waals surface area contributed by atoms with Crippen LogP contribution in [0.2, 0.25) is 0 Å². The number of morpholine rings is 1. The van der Waals surface area contributed by atoms with E-state index in [4.69, 9.17) is 9.47 Å². The standard InChI is InChI=1S/C29H39N5O4.3ClH/c35-28(32-18-22-5-8-30-9-6-22)17-23-7-10-34-21-24(23)2-1-13-38-27-4-3-26(33-11-14-37-15-12-33)16-25(27)19-31-20-29(34)36;;;/h3-6,8-9,16,23-24,31H,1-2,7,10-15,17-21H2,(H,32,35);3*1H/t23-,24-;;;/m0.../s1. The maximum atomic E-state index is 13.1. The summed E-state index contributed by atoms with van der Waals surface area (Å²) in [6.07, 6.45) is 6.63. The van der Waals surface area contributed by atoms with Crippen LogP contribution in [-0.4, -0.2) is 74.2 Å². The Morgan fingerprint density at radius 2 is 1.76 bits per heavy atom. The van der Waals surface area contributed by atoms with E-state index in [2.05, 4.69) is 38.7 Å². The molecule has 0 unspecified atom stereocenters. The summed E-state index contributed by atoms with van der Waals surface area (Å²) in [6.45, 7) is 6.66. The molecular weight excluding hydrogens is 589 g/mol. The fourth-order valence-corrected chi connectivity index (χ4v) is 5.72. The number of carbonyl (C=O) groups excluding carboxylic acids is 2. The zero-order valence-electron chi connectivity index (χ0n) is 23.3. The topological polar surface area (TPSA) is 96.0 Å². The van der Waals surface area contributed by atoms with Gasteiger partial charge in [-0.15, -0.1) is 37.2 Å². The van der Waals surface area contributed by atoms with Crippen LogP contribution in [0.25, 0.3) is 0 Å². The van der Waals surface area contributed by atoms with Gasteiger partial charge in [-0.2, -0.15) is 0 Å². The molecule has 2 N–H and O–H groups in total. The molecular formula is C29H42Cl3N5O4. The summed E-state index contributed by atoms with van der Waals surface area (Å²) in [7, 11) is 0. The zero-order valence-corrected chi connectivity index (χ0v) is 25.7. The lowest BCUT2D eigenvalue weighted by Gasteiger charge is -2.38. The summed E-state index contributed by atoms with van der Waals surface area (Å²) in [5.74, 6) is 1.61. The quantitative estimate of drug-likeness (QED) is 0.521. The van der Waals surface area contributed by atoms with Crippen molar-refractivity contribution in [1.29, 1.82) is 0 Å². The van der Waals surface area contributed by atoms with Gasteiger partial charge in [0.05, 0.1) is 26.4 Å². The number of ether oxygens (including phenoxy) is 2. The number of halogens is 3. The Morgan fingerprint density at radius 1 is 0.976 bits per heavy atom. The number of aromatic nitrogens is 1. The number of pyridine rings is 1. The minimum absolute atomic E-state index is 0. The number of benzene rings is 1. The molecule has 12 heteroatoms. The van der Waals surface area contributed by atoms with Crippen molar-refractivity contribution >= 4 is 54.7 Å². The number of nitrogens with one attached hydrogen (secondary N) is 2. The van der Waals surface area contributed by atoms with Crippen LogP contribution in [0.5, 0.6) is 5.75 Å². The first-order chi connectivity index (χ1) is 18.7. The number of carbonyl (C=O) groups is 2. The van der Waals surface area contributed by atoms with Gasteiger partial charge in [-0.25, -0.2) is 0 Å². The largest absolute Gasteiger partial charge is 0.493 e. The summed E-state index contributed by atoms with van der Waals surface area (Å²) in [4.78, 5) is 34.2. The number of hydrogen-bond donors (Lipinski definition) is 2. The van der Waals surface area contributed by atoms with Crippen LogP contribution in [0.15, 0.2) is 42.7 Å². The summed E-state index contributed by atoms with van der Waals surface area (Å²) < 4.78 is 11.7. The predicted molar refractivity (Wildman–Crippen MR) is 167 cm³/mol. The van der Waals surface area contributed by atoms with E-state index >= 15 is 0 Å². The van der Waals surface area contributed by atoms with Gasteiger partial charge in [-0.05, 0) is 67.0 Å². The summed E-state index contributed by atoms with van der Waals surface area (Å²) in [5, 5.41) is 6.41. The first-order valence-corrected chi connectivity index (χ1v) is 13.9. The fraction of sp³-hybridized carbons (Fsp3) is 0.552. The van der Waals surface area contributed by atoms with Crippen molar-refractivity contribution in [3.05, 3.63) is 53.9 Å². The molecule has 9 nitrogen and oxygen atoms in total. The number of nitrogens with zero attached hydrogens (tertiary/aromatic N) is 3. The van der Waals surface area contributed by atoms with Crippen LogP contribution < -0.4 is 20.3 Å². The van der Waals surface area contributed by atoms with Gasteiger partial charge in [0.15, 0.2) is 0 Å². The Bertz CT molecular complexity index is 1090. The monoisotopic (exact) mass is 629 g/mol. The van der Waals surface area contributed by atoms with Gasteiger partial charge >= 0.3 is 0 Å². The molecule has 3 aliphatic rings. The number of anilines is 1. The lowest BCUT2D eigenvalue weighted by molar-refractivity contribution is -0.133.